The lowest BCUT2D eigenvalue weighted by molar-refractivity contribution is 0.928. The summed E-state index contributed by atoms with van der Waals surface area (Å²) in [5.74, 6) is 0. The van der Waals surface area contributed by atoms with Gasteiger partial charge in [-0.2, -0.15) is 0 Å². The highest BCUT2D eigenvalue weighted by Gasteiger charge is 2.09. The van der Waals surface area contributed by atoms with Gasteiger partial charge in [-0.1, -0.05) is 0 Å². The van der Waals surface area contributed by atoms with Crippen molar-refractivity contribution in [2.75, 3.05) is 0 Å². The van der Waals surface area contributed by atoms with Crippen LogP contribution >= 0.6 is 11.3 Å². The minimum absolute atomic E-state index is 0.560. The monoisotopic (exact) mass is 181 g/mol. The van der Waals surface area contributed by atoms with E-state index in [1.165, 1.54) is 5.69 Å². The van der Waals surface area contributed by atoms with Crippen molar-refractivity contribution < 1.29 is 0 Å². The quantitative estimate of drug-likeness (QED) is 0.724. The molecule has 2 aromatic rings. The van der Waals surface area contributed by atoms with Gasteiger partial charge in [-0.3, -0.25) is 4.40 Å². The molecule has 0 aliphatic rings. The Labute approximate surface area is 74.8 Å². The van der Waals surface area contributed by atoms with E-state index in [1.54, 1.807) is 11.3 Å². The smallest absolute Gasteiger partial charge is 0.194 e. The molecule has 0 aliphatic heterocycles. The van der Waals surface area contributed by atoms with Crippen LogP contribution in [0.25, 0.3) is 4.96 Å². The first kappa shape index (κ1) is 7.76. The van der Waals surface area contributed by atoms with Crippen molar-refractivity contribution in [2.24, 2.45) is 5.73 Å². The van der Waals surface area contributed by atoms with E-state index in [2.05, 4.69) is 21.7 Å². The fraction of sp³-hybridized carbons (Fsp3) is 0.375. The average Bonchev–Trinajstić information content (AvgIpc) is 2.52. The van der Waals surface area contributed by atoms with Gasteiger partial charge in [0.15, 0.2) is 4.96 Å². The second-order valence-electron chi connectivity index (χ2n) is 2.84. The number of rotatable bonds is 1. The third-order valence-electron chi connectivity index (χ3n) is 2.02. The highest BCUT2D eigenvalue weighted by atomic mass is 32.1. The summed E-state index contributed by atoms with van der Waals surface area (Å²) in [6, 6.07) is 0. The molecule has 0 saturated heterocycles. The fourth-order valence-electron chi connectivity index (χ4n) is 1.41. The predicted molar refractivity (Wildman–Crippen MR) is 50.4 cm³/mol. The Kier molecular flexibility index (Phi) is 1.66. The van der Waals surface area contributed by atoms with Crippen LogP contribution in [0.15, 0.2) is 5.38 Å². The zero-order valence-electron chi connectivity index (χ0n) is 7.16. The second kappa shape index (κ2) is 2.57. The molecule has 0 saturated carbocycles. The number of fused-ring (bicyclic) bond motifs is 1. The third kappa shape index (κ3) is 0.884. The van der Waals surface area contributed by atoms with Gasteiger partial charge in [0.05, 0.1) is 11.4 Å². The lowest BCUT2D eigenvalue weighted by Crippen LogP contribution is -2.02. The third-order valence-corrected chi connectivity index (χ3v) is 2.97. The van der Waals surface area contributed by atoms with Crippen LogP contribution in [0.3, 0.4) is 0 Å². The molecule has 3 nitrogen and oxygen atoms in total. The number of nitrogens with zero attached hydrogens (tertiary/aromatic N) is 2. The topological polar surface area (TPSA) is 43.3 Å². The maximum Gasteiger partial charge on any atom is 0.194 e. The van der Waals surface area contributed by atoms with Crippen LogP contribution < -0.4 is 5.73 Å². The van der Waals surface area contributed by atoms with E-state index >= 15 is 0 Å². The molecule has 0 unspecified atom stereocenters. The van der Waals surface area contributed by atoms with Crippen molar-refractivity contribution in [2.45, 2.75) is 20.4 Å². The first-order valence-electron chi connectivity index (χ1n) is 3.86. The van der Waals surface area contributed by atoms with Crippen LogP contribution in [-0.4, -0.2) is 9.38 Å². The van der Waals surface area contributed by atoms with Crippen LogP contribution in [-0.2, 0) is 6.54 Å². The van der Waals surface area contributed by atoms with E-state index < -0.39 is 0 Å². The molecule has 2 heterocycles. The molecule has 2 aromatic heterocycles. The lowest BCUT2D eigenvalue weighted by Gasteiger charge is -1.96. The highest BCUT2D eigenvalue weighted by Crippen LogP contribution is 2.19. The summed E-state index contributed by atoms with van der Waals surface area (Å²) in [4.78, 5) is 5.45. The SMILES string of the molecule is Cc1nc2scc(C)n2c1CN. The molecular formula is C8H11N3S. The standard InChI is InChI=1S/C8H11N3S/c1-5-4-12-8-10-6(2)7(3-9)11(5)8/h4H,3,9H2,1-2H3. The van der Waals surface area contributed by atoms with Crippen molar-refractivity contribution >= 4 is 16.3 Å². The molecule has 64 valence electrons. The molecule has 0 aromatic carbocycles. The van der Waals surface area contributed by atoms with E-state index in [0.717, 1.165) is 16.3 Å². The van der Waals surface area contributed by atoms with Gasteiger partial charge >= 0.3 is 0 Å². The molecule has 12 heavy (non-hydrogen) atoms. The Morgan fingerprint density at radius 3 is 3.00 bits per heavy atom. The van der Waals surface area contributed by atoms with Crippen LogP contribution in [0.1, 0.15) is 17.1 Å². The summed E-state index contributed by atoms with van der Waals surface area (Å²) in [5, 5.41) is 2.10. The Morgan fingerprint density at radius 2 is 2.33 bits per heavy atom. The van der Waals surface area contributed by atoms with Gasteiger partial charge in [-0.15, -0.1) is 11.3 Å². The Bertz CT molecular complexity index is 413. The summed E-state index contributed by atoms with van der Waals surface area (Å²) < 4.78 is 2.12. The number of aryl methyl sites for hydroxylation is 2. The van der Waals surface area contributed by atoms with E-state index in [1.807, 2.05) is 6.92 Å². The molecule has 0 radical (unpaired) electrons. The van der Waals surface area contributed by atoms with Gasteiger partial charge in [0, 0.05) is 17.6 Å². The zero-order chi connectivity index (χ0) is 8.72. The maximum absolute atomic E-state index is 5.63. The zero-order valence-corrected chi connectivity index (χ0v) is 7.98. The van der Waals surface area contributed by atoms with Crippen LogP contribution in [0.5, 0.6) is 0 Å². The molecule has 0 fully saturated rings. The largest absolute Gasteiger partial charge is 0.325 e. The highest BCUT2D eigenvalue weighted by molar-refractivity contribution is 7.15. The molecule has 0 atom stereocenters. The normalized spacial score (nSPS) is 11.2. The van der Waals surface area contributed by atoms with Gasteiger partial charge in [0.1, 0.15) is 0 Å². The van der Waals surface area contributed by atoms with Crippen molar-refractivity contribution in [1.29, 1.82) is 0 Å². The molecular weight excluding hydrogens is 170 g/mol. The van der Waals surface area contributed by atoms with Crippen molar-refractivity contribution in [1.82, 2.24) is 9.38 Å². The van der Waals surface area contributed by atoms with Gasteiger partial charge in [-0.05, 0) is 13.8 Å². The van der Waals surface area contributed by atoms with Crippen LogP contribution in [0, 0.1) is 13.8 Å². The molecule has 2 N–H and O–H groups in total. The van der Waals surface area contributed by atoms with E-state index in [9.17, 15) is 0 Å². The van der Waals surface area contributed by atoms with Crippen molar-refractivity contribution in [3.63, 3.8) is 0 Å². The molecule has 2 rings (SSSR count). The maximum atomic E-state index is 5.63. The number of aromatic nitrogens is 2. The Hall–Kier alpha value is -0.870. The summed E-state index contributed by atoms with van der Waals surface area (Å²) in [6.07, 6.45) is 0. The van der Waals surface area contributed by atoms with Crippen molar-refractivity contribution in [3.05, 3.63) is 22.5 Å². The van der Waals surface area contributed by atoms with Crippen LogP contribution in [0.2, 0.25) is 0 Å². The number of nitrogens with two attached hydrogens (primary N) is 1. The number of imidazole rings is 1. The van der Waals surface area contributed by atoms with Gasteiger partial charge in [0.25, 0.3) is 0 Å². The molecule has 0 spiro atoms. The minimum atomic E-state index is 0.560. The number of thiazole rings is 1. The van der Waals surface area contributed by atoms with E-state index in [0.29, 0.717) is 6.54 Å². The lowest BCUT2D eigenvalue weighted by atomic mass is 10.3. The number of hydrogen-bond acceptors (Lipinski definition) is 3. The average molecular weight is 181 g/mol. The van der Waals surface area contributed by atoms with Crippen molar-refractivity contribution in [3.8, 4) is 0 Å². The first-order valence-corrected chi connectivity index (χ1v) is 4.74. The molecule has 4 heteroatoms. The van der Waals surface area contributed by atoms with Gasteiger partial charge < -0.3 is 5.73 Å². The summed E-state index contributed by atoms with van der Waals surface area (Å²) in [6.45, 7) is 4.63. The summed E-state index contributed by atoms with van der Waals surface area (Å²) >= 11 is 1.66. The number of hydrogen-bond donors (Lipinski definition) is 1. The second-order valence-corrected chi connectivity index (χ2v) is 3.68. The Morgan fingerprint density at radius 1 is 1.58 bits per heavy atom. The minimum Gasteiger partial charge on any atom is -0.325 e. The van der Waals surface area contributed by atoms with E-state index in [4.69, 9.17) is 5.73 Å². The van der Waals surface area contributed by atoms with Gasteiger partial charge in [-0.25, -0.2) is 4.98 Å². The predicted octanol–water partition coefficient (Wildman–Crippen LogP) is 1.47. The Balaban J connectivity index is 2.84. The molecule has 0 bridgehead atoms. The van der Waals surface area contributed by atoms with Crippen LogP contribution in [0.4, 0.5) is 0 Å². The summed E-state index contributed by atoms with van der Waals surface area (Å²) in [7, 11) is 0. The van der Waals surface area contributed by atoms with Gasteiger partial charge in [0.2, 0.25) is 0 Å². The first-order chi connectivity index (χ1) is 5.74. The molecule has 0 aliphatic carbocycles. The summed E-state index contributed by atoms with van der Waals surface area (Å²) in [5.41, 5.74) is 9.03. The fourth-order valence-corrected chi connectivity index (χ4v) is 2.34. The molecule has 0 amide bonds. The van der Waals surface area contributed by atoms with E-state index in [-0.39, 0.29) is 0 Å².